The molecule has 3 aliphatic heterocycles. The van der Waals surface area contributed by atoms with Crippen LogP contribution in [0.5, 0.6) is 0 Å². The molecule has 5 heterocycles. The number of aromatic nitrogens is 4. The number of hydrogen-bond acceptors (Lipinski definition) is 7. The normalized spacial score (nSPS) is 26.8. The SMILES string of the molecule is Cc1nnc2ccc(N3CC4CN(C(=O)C5CNNC5)CC4C3)nn12. The number of hydrazine groups is 1. The topological polar surface area (TPSA) is 90.7 Å². The largest absolute Gasteiger partial charge is 0.354 e. The van der Waals surface area contributed by atoms with Crippen molar-refractivity contribution >= 4 is 17.4 Å². The third-order valence-electron chi connectivity index (χ3n) is 5.70. The molecule has 2 N–H and O–H groups in total. The van der Waals surface area contributed by atoms with Crippen molar-refractivity contribution in [2.75, 3.05) is 44.2 Å². The van der Waals surface area contributed by atoms with Crippen LogP contribution in [0.15, 0.2) is 12.1 Å². The second-order valence-corrected chi connectivity index (χ2v) is 7.34. The molecule has 2 aromatic rings. The van der Waals surface area contributed by atoms with Crippen molar-refractivity contribution in [3.8, 4) is 0 Å². The highest BCUT2D eigenvalue weighted by molar-refractivity contribution is 5.80. The van der Waals surface area contributed by atoms with E-state index in [2.05, 4.69) is 35.9 Å². The maximum absolute atomic E-state index is 12.6. The average Bonchev–Trinajstić information content (AvgIpc) is 3.37. The fourth-order valence-corrected chi connectivity index (χ4v) is 4.31. The standard InChI is InChI=1S/C16H22N8O/c1-10-19-20-14-2-3-15(21-24(10)14)22-6-12-8-23(9-13(12)7-22)16(25)11-4-17-18-5-11/h2-3,11-13,17-18H,4-9H2,1H3. The fourth-order valence-electron chi connectivity index (χ4n) is 4.31. The van der Waals surface area contributed by atoms with Crippen molar-refractivity contribution in [2.45, 2.75) is 6.92 Å². The molecule has 25 heavy (non-hydrogen) atoms. The Morgan fingerprint density at radius 3 is 2.52 bits per heavy atom. The molecule has 1 amide bonds. The first-order chi connectivity index (χ1) is 12.2. The predicted octanol–water partition coefficient (Wildman–Crippen LogP) is -0.949. The van der Waals surface area contributed by atoms with Crippen LogP contribution in [0.2, 0.25) is 0 Å². The molecule has 9 heteroatoms. The number of hydrogen-bond donors (Lipinski definition) is 2. The van der Waals surface area contributed by atoms with Crippen molar-refractivity contribution in [2.24, 2.45) is 17.8 Å². The molecule has 5 rings (SSSR count). The van der Waals surface area contributed by atoms with E-state index < -0.39 is 0 Å². The molecule has 2 atom stereocenters. The second kappa shape index (κ2) is 5.63. The first-order valence-corrected chi connectivity index (χ1v) is 8.87. The molecule has 0 aliphatic carbocycles. The number of rotatable bonds is 2. The Hall–Kier alpha value is -2.26. The van der Waals surface area contributed by atoms with Crippen LogP contribution in [0.25, 0.3) is 5.65 Å². The summed E-state index contributed by atoms with van der Waals surface area (Å²) in [5, 5.41) is 12.8. The predicted molar refractivity (Wildman–Crippen MR) is 90.8 cm³/mol. The second-order valence-electron chi connectivity index (χ2n) is 7.34. The zero-order valence-corrected chi connectivity index (χ0v) is 14.2. The quantitative estimate of drug-likeness (QED) is 0.727. The Kier molecular flexibility index (Phi) is 3.39. The lowest BCUT2D eigenvalue weighted by Gasteiger charge is -2.24. The lowest BCUT2D eigenvalue weighted by atomic mass is 10.0. The monoisotopic (exact) mass is 342 g/mol. The lowest BCUT2D eigenvalue weighted by Crippen LogP contribution is -2.39. The summed E-state index contributed by atoms with van der Waals surface area (Å²) in [6.45, 7) is 7.02. The van der Waals surface area contributed by atoms with Crippen LogP contribution in [-0.2, 0) is 4.79 Å². The van der Waals surface area contributed by atoms with Crippen molar-refractivity contribution in [3.63, 3.8) is 0 Å². The van der Waals surface area contributed by atoms with E-state index in [0.29, 0.717) is 11.8 Å². The number of carbonyl (C=O) groups is 1. The minimum atomic E-state index is 0.0794. The van der Waals surface area contributed by atoms with Crippen LogP contribution in [-0.4, -0.2) is 69.9 Å². The first kappa shape index (κ1) is 15.0. The van der Waals surface area contributed by atoms with Gasteiger partial charge in [0.25, 0.3) is 0 Å². The summed E-state index contributed by atoms with van der Waals surface area (Å²) in [5.74, 6) is 3.20. The van der Waals surface area contributed by atoms with E-state index >= 15 is 0 Å². The van der Waals surface area contributed by atoms with E-state index in [-0.39, 0.29) is 11.8 Å². The Morgan fingerprint density at radius 1 is 1.08 bits per heavy atom. The summed E-state index contributed by atoms with van der Waals surface area (Å²) in [7, 11) is 0. The molecular weight excluding hydrogens is 320 g/mol. The molecule has 2 aromatic heterocycles. The molecule has 0 aromatic carbocycles. The highest BCUT2D eigenvalue weighted by Crippen LogP contribution is 2.34. The van der Waals surface area contributed by atoms with Gasteiger partial charge in [0.1, 0.15) is 5.82 Å². The average molecular weight is 342 g/mol. The molecule has 3 fully saturated rings. The van der Waals surface area contributed by atoms with E-state index in [0.717, 1.165) is 56.6 Å². The van der Waals surface area contributed by atoms with Gasteiger partial charge in [-0.3, -0.25) is 15.6 Å². The molecule has 2 unspecified atom stereocenters. The molecule has 0 radical (unpaired) electrons. The van der Waals surface area contributed by atoms with Crippen LogP contribution in [0, 0.1) is 24.7 Å². The number of amides is 1. The first-order valence-electron chi connectivity index (χ1n) is 8.87. The molecule has 3 aliphatic rings. The number of likely N-dealkylation sites (tertiary alicyclic amines) is 1. The molecule has 0 saturated carbocycles. The van der Waals surface area contributed by atoms with Gasteiger partial charge in [0, 0.05) is 51.1 Å². The van der Waals surface area contributed by atoms with Crippen LogP contribution in [0.1, 0.15) is 5.82 Å². The Balaban J connectivity index is 1.28. The van der Waals surface area contributed by atoms with Gasteiger partial charge in [0.15, 0.2) is 11.5 Å². The minimum Gasteiger partial charge on any atom is -0.354 e. The lowest BCUT2D eigenvalue weighted by molar-refractivity contribution is -0.133. The van der Waals surface area contributed by atoms with Gasteiger partial charge in [-0.25, -0.2) is 0 Å². The van der Waals surface area contributed by atoms with Gasteiger partial charge in [-0.1, -0.05) is 0 Å². The van der Waals surface area contributed by atoms with Gasteiger partial charge in [-0.05, 0) is 19.1 Å². The summed E-state index contributed by atoms with van der Waals surface area (Å²) in [6, 6.07) is 3.98. The number of carbonyl (C=O) groups excluding carboxylic acids is 1. The van der Waals surface area contributed by atoms with Gasteiger partial charge >= 0.3 is 0 Å². The Morgan fingerprint density at radius 2 is 1.80 bits per heavy atom. The molecule has 0 bridgehead atoms. The third kappa shape index (κ3) is 2.46. The van der Waals surface area contributed by atoms with Gasteiger partial charge in [0.2, 0.25) is 5.91 Å². The number of nitrogens with zero attached hydrogens (tertiary/aromatic N) is 6. The summed E-state index contributed by atoms with van der Waals surface area (Å²) in [5.41, 5.74) is 6.87. The van der Waals surface area contributed by atoms with E-state index in [1.54, 1.807) is 4.52 Å². The van der Waals surface area contributed by atoms with Gasteiger partial charge in [-0.15, -0.1) is 15.3 Å². The number of nitrogens with one attached hydrogen (secondary N) is 2. The Bertz CT molecular complexity index is 800. The van der Waals surface area contributed by atoms with E-state index in [1.165, 1.54) is 0 Å². The van der Waals surface area contributed by atoms with Gasteiger partial charge in [-0.2, -0.15) is 4.52 Å². The number of fused-ring (bicyclic) bond motifs is 2. The molecule has 9 nitrogen and oxygen atoms in total. The fraction of sp³-hybridized carbons (Fsp3) is 0.625. The summed E-state index contributed by atoms with van der Waals surface area (Å²) < 4.78 is 1.79. The van der Waals surface area contributed by atoms with Crippen LogP contribution in [0.3, 0.4) is 0 Å². The van der Waals surface area contributed by atoms with E-state index in [1.807, 2.05) is 19.1 Å². The van der Waals surface area contributed by atoms with Gasteiger partial charge in [0.05, 0.1) is 5.92 Å². The zero-order valence-electron chi connectivity index (χ0n) is 14.2. The minimum absolute atomic E-state index is 0.0794. The Labute approximate surface area is 145 Å². The van der Waals surface area contributed by atoms with Crippen molar-refractivity contribution in [1.29, 1.82) is 0 Å². The van der Waals surface area contributed by atoms with Crippen LogP contribution >= 0.6 is 0 Å². The summed E-state index contributed by atoms with van der Waals surface area (Å²) in [6.07, 6.45) is 0. The van der Waals surface area contributed by atoms with Crippen LogP contribution in [0.4, 0.5) is 5.82 Å². The maximum atomic E-state index is 12.6. The van der Waals surface area contributed by atoms with E-state index in [9.17, 15) is 4.79 Å². The molecule has 3 saturated heterocycles. The van der Waals surface area contributed by atoms with E-state index in [4.69, 9.17) is 0 Å². The third-order valence-corrected chi connectivity index (χ3v) is 5.70. The molecular formula is C16H22N8O. The summed E-state index contributed by atoms with van der Waals surface area (Å²) in [4.78, 5) is 17.0. The number of anilines is 1. The molecule has 0 spiro atoms. The smallest absolute Gasteiger partial charge is 0.228 e. The zero-order chi connectivity index (χ0) is 17.0. The maximum Gasteiger partial charge on any atom is 0.228 e. The van der Waals surface area contributed by atoms with Crippen molar-refractivity contribution in [3.05, 3.63) is 18.0 Å². The van der Waals surface area contributed by atoms with Gasteiger partial charge < -0.3 is 9.80 Å². The van der Waals surface area contributed by atoms with Crippen molar-refractivity contribution in [1.82, 2.24) is 35.6 Å². The van der Waals surface area contributed by atoms with Crippen molar-refractivity contribution < 1.29 is 4.79 Å². The highest BCUT2D eigenvalue weighted by atomic mass is 16.2. The molecule has 132 valence electrons. The van der Waals surface area contributed by atoms with Crippen LogP contribution < -0.4 is 15.8 Å². The summed E-state index contributed by atoms with van der Waals surface area (Å²) >= 11 is 0. The highest BCUT2D eigenvalue weighted by Gasteiger charge is 2.43. The number of aryl methyl sites for hydroxylation is 1.